The highest BCUT2D eigenvalue weighted by Crippen LogP contribution is 2.24. The molecule has 0 aliphatic carbocycles. The van der Waals surface area contributed by atoms with Crippen LogP contribution in [0.25, 0.3) is 0 Å². The van der Waals surface area contributed by atoms with Crippen LogP contribution in [-0.4, -0.2) is 55.0 Å². The maximum atomic E-state index is 12.9. The van der Waals surface area contributed by atoms with Gasteiger partial charge in [-0.25, -0.2) is 4.79 Å². The first-order valence-electron chi connectivity index (χ1n) is 8.92. The molecule has 6 nitrogen and oxygen atoms in total. The Morgan fingerprint density at radius 2 is 1.68 bits per heavy atom. The van der Waals surface area contributed by atoms with E-state index in [1.807, 2.05) is 0 Å². The summed E-state index contributed by atoms with van der Waals surface area (Å²) in [5, 5.41) is 3.87. The molecule has 3 amide bonds. The van der Waals surface area contributed by atoms with Crippen molar-refractivity contribution >= 4 is 40.8 Å². The van der Waals surface area contributed by atoms with Crippen molar-refractivity contribution < 1.29 is 14.3 Å². The molecule has 28 heavy (non-hydrogen) atoms. The molecule has 3 rings (SSSR count). The van der Waals surface area contributed by atoms with Gasteiger partial charge in [0, 0.05) is 41.9 Å². The Bertz CT molecular complexity index is 876. The molecule has 2 aromatic rings. The van der Waals surface area contributed by atoms with E-state index >= 15 is 0 Å². The van der Waals surface area contributed by atoms with Gasteiger partial charge in [0.15, 0.2) is 0 Å². The maximum absolute atomic E-state index is 12.9. The zero-order chi connectivity index (χ0) is 20.1. The molecule has 1 heterocycles. The number of ether oxygens (including phenoxy) is 1. The molecule has 0 radical (unpaired) electrons. The maximum Gasteiger partial charge on any atom is 0.321 e. The van der Waals surface area contributed by atoms with E-state index in [9.17, 15) is 9.59 Å². The topological polar surface area (TPSA) is 61.9 Å². The van der Waals surface area contributed by atoms with E-state index in [4.69, 9.17) is 27.9 Å². The molecule has 1 saturated heterocycles. The van der Waals surface area contributed by atoms with Crippen LogP contribution in [0, 0.1) is 0 Å². The van der Waals surface area contributed by atoms with E-state index < -0.39 is 0 Å². The molecule has 1 aliphatic rings. The van der Waals surface area contributed by atoms with Crippen molar-refractivity contribution in [1.29, 1.82) is 0 Å². The van der Waals surface area contributed by atoms with Gasteiger partial charge in [0.1, 0.15) is 5.75 Å². The third kappa shape index (κ3) is 4.88. The van der Waals surface area contributed by atoms with Gasteiger partial charge in [-0.2, -0.15) is 0 Å². The van der Waals surface area contributed by atoms with Gasteiger partial charge < -0.3 is 19.9 Å². The highest BCUT2D eigenvalue weighted by Gasteiger charge is 2.25. The molecule has 0 saturated carbocycles. The molecular formula is C20H21Cl2N3O3. The molecule has 148 valence electrons. The highest BCUT2D eigenvalue weighted by molar-refractivity contribution is 6.31. The van der Waals surface area contributed by atoms with Gasteiger partial charge in [-0.15, -0.1) is 0 Å². The van der Waals surface area contributed by atoms with Gasteiger partial charge in [0.05, 0.1) is 12.7 Å². The van der Waals surface area contributed by atoms with Crippen LogP contribution in [0.4, 0.5) is 10.5 Å². The molecular weight excluding hydrogens is 401 g/mol. The van der Waals surface area contributed by atoms with Crippen molar-refractivity contribution in [3.63, 3.8) is 0 Å². The van der Waals surface area contributed by atoms with Gasteiger partial charge in [-0.3, -0.25) is 4.79 Å². The second-order valence-corrected chi connectivity index (χ2v) is 7.29. The van der Waals surface area contributed by atoms with Gasteiger partial charge in [-0.1, -0.05) is 29.3 Å². The van der Waals surface area contributed by atoms with Crippen molar-refractivity contribution in [2.24, 2.45) is 0 Å². The lowest BCUT2D eigenvalue weighted by Gasteiger charge is -2.23. The SMILES string of the molecule is COc1ccc(Cl)cc1C(=O)N1CCCN(C(=O)Nc2cccc(Cl)c2)CC1. The summed E-state index contributed by atoms with van der Waals surface area (Å²) in [6.45, 7) is 1.97. The number of rotatable bonds is 3. The van der Waals surface area contributed by atoms with Crippen LogP contribution in [0.2, 0.25) is 10.0 Å². The molecule has 0 atom stereocenters. The number of nitrogens with one attached hydrogen (secondary N) is 1. The average molecular weight is 422 g/mol. The largest absolute Gasteiger partial charge is 0.496 e. The molecule has 8 heteroatoms. The summed E-state index contributed by atoms with van der Waals surface area (Å²) in [5.41, 5.74) is 1.06. The van der Waals surface area contributed by atoms with Crippen LogP contribution < -0.4 is 10.1 Å². The number of nitrogens with zero attached hydrogens (tertiary/aromatic N) is 2. The van der Waals surface area contributed by atoms with Crippen molar-refractivity contribution in [2.75, 3.05) is 38.6 Å². The number of benzene rings is 2. The lowest BCUT2D eigenvalue weighted by atomic mass is 10.1. The Hall–Kier alpha value is -2.44. The molecule has 0 bridgehead atoms. The highest BCUT2D eigenvalue weighted by atomic mass is 35.5. The van der Waals surface area contributed by atoms with Crippen molar-refractivity contribution in [3.05, 3.63) is 58.1 Å². The standard InChI is InChI=1S/C20H21Cl2N3O3/c1-28-18-7-6-15(22)13-17(18)19(26)24-8-3-9-25(11-10-24)20(27)23-16-5-2-4-14(21)12-16/h2,4-7,12-13H,3,8-11H2,1H3,(H,23,27). The number of carbonyl (C=O) groups excluding carboxylic acids is 2. The second-order valence-electron chi connectivity index (χ2n) is 6.42. The Kier molecular flexibility index (Phi) is 6.65. The first-order valence-corrected chi connectivity index (χ1v) is 9.68. The van der Waals surface area contributed by atoms with Crippen molar-refractivity contribution in [3.8, 4) is 5.75 Å². The summed E-state index contributed by atoms with van der Waals surface area (Å²) in [5.74, 6) is 0.325. The summed E-state index contributed by atoms with van der Waals surface area (Å²) >= 11 is 12.0. The number of hydrogen-bond acceptors (Lipinski definition) is 3. The van der Waals surface area contributed by atoms with E-state index in [1.54, 1.807) is 52.3 Å². The molecule has 1 fully saturated rings. The van der Waals surface area contributed by atoms with Crippen LogP contribution in [0.1, 0.15) is 16.8 Å². The summed E-state index contributed by atoms with van der Waals surface area (Å²) in [4.78, 5) is 28.9. The monoisotopic (exact) mass is 421 g/mol. The fourth-order valence-corrected chi connectivity index (χ4v) is 3.47. The van der Waals surface area contributed by atoms with Gasteiger partial charge in [-0.05, 0) is 42.8 Å². The van der Waals surface area contributed by atoms with Crippen LogP contribution in [0.15, 0.2) is 42.5 Å². The Morgan fingerprint density at radius 1 is 0.964 bits per heavy atom. The average Bonchev–Trinajstić information content (AvgIpc) is 2.94. The molecule has 0 aromatic heterocycles. The number of methoxy groups -OCH3 is 1. The minimum atomic E-state index is -0.211. The molecule has 0 unspecified atom stereocenters. The van der Waals surface area contributed by atoms with Gasteiger partial charge in [0.25, 0.3) is 5.91 Å². The fourth-order valence-electron chi connectivity index (χ4n) is 3.11. The van der Waals surface area contributed by atoms with E-state index in [0.717, 1.165) is 0 Å². The number of carbonyl (C=O) groups is 2. The lowest BCUT2D eigenvalue weighted by Crippen LogP contribution is -2.39. The molecule has 2 aromatic carbocycles. The van der Waals surface area contributed by atoms with Crippen molar-refractivity contribution in [1.82, 2.24) is 9.80 Å². The predicted octanol–water partition coefficient (Wildman–Crippen LogP) is 4.38. The zero-order valence-electron chi connectivity index (χ0n) is 15.5. The van der Waals surface area contributed by atoms with E-state index in [0.29, 0.717) is 59.6 Å². The fraction of sp³-hybridized carbons (Fsp3) is 0.300. The normalized spacial score (nSPS) is 14.4. The van der Waals surface area contributed by atoms with E-state index in [-0.39, 0.29) is 11.9 Å². The van der Waals surface area contributed by atoms with Crippen LogP contribution >= 0.6 is 23.2 Å². The Balaban J connectivity index is 1.65. The first-order chi connectivity index (χ1) is 13.5. The Labute approximate surface area is 174 Å². The third-order valence-corrected chi connectivity index (χ3v) is 5.01. The summed E-state index contributed by atoms with van der Waals surface area (Å²) in [6, 6.07) is 11.8. The third-order valence-electron chi connectivity index (χ3n) is 4.54. The quantitative estimate of drug-likeness (QED) is 0.799. The Morgan fingerprint density at radius 3 is 2.43 bits per heavy atom. The van der Waals surface area contributed by atoms with E-state index in [1.165, 1.54) is 7.11 Å². The lowest BCUT2D eigenvalue weighted by molar-refractivity contribution is 0.0759. The summed E-state index contributed by atoms with van der Waals surface area (Å²) in [7, 11) is 1.52. The number of amides is 3. The summed E-state index contributed by atoms with van der Waals surface area (Å²) in [6.07, 6.45) is 0.678. The van der Waals surface area contributed by atoms with Crippen LogP contribution in [0.3, 0.4) is 0 Å². The summed E-state index contributed by atoms with van der Waals surface area (Å²) < 4.78 is 5.29. The smallest absolute Gasteiger partial charge is 0.321 e. The van der Waals surface area contributed by atoms with Gasteiger partial charge >= 0.3 is 6.03 Å². The molecule has 1 N–H and O–H groups in total. The van der Waals surface area contributed by atoms with Crippen molar-refractivity contribution in [2.45, 2.75) is 6.42 Å². The number of hydrogen-bond donors (Lipinski definition) is 1. The number of anilines is 1. The predicted molar refractivity (Wildman–Crippen MR) is 111 cm³/mol. The van der Waals surface area contributed by atoms with E-state index in [2.05, 4.69) is 5.32 Å². The van der Waals surface area contributed by atoms with Crippen LogP contribution in [0.5, 0.6) is 5.75 Å². The molecule has 0 spiro atoms. The van der Waals surface area contributed by atoms with Gasteiger partial charge in [0.2, 0.25) is 0 Å². The minimum absolute atomic E-state index is 0.156. The first kappa shape index (κ1) is 20.3. The zero-order valence-corrected chi connectivity index (χ0v) is 17.0. The second kappa shape index (κ2) is 9.17. The number of halogens is 2. The number of urea groups is 1. The molecule has 1 aliphatic heterocycles. The van der Waals surface area contributed by atoms with Crippen LogP contribution in [-0.2, 0) is 0 Å². The minimum Gasteiger partial charge on any atom is -0.496 e.